The molecular formula is C42H39ClN4O9. The summed E-state index contributed by atoms with van der Waals surface area (Å²) in [5, 5.41) is 59.1. The Hall–Kier alpha value is -6.51. The minimum atomic E-state index is -0.387. The molecule has 7 rings (SSSR count). The number of fused-ring (bicyclic) bond motifs is 2. The predicted molar refractivity (Wildman–Crippen MR) is 214 cm³/mol. The van der Waals surface area contributed by atoms with Gasteiger partial charge in [-0.2, -0.15) is 5.10 Å². The van der Waals surface area contributed by atoms with Crippen LogP contribution < -0.4 is 16.1 Å². The van der Waals surface area contributed by atoms with Gasteiger partial charge in [-0.15, -0.1) is 0 Å². The number of aliphatic hydroxyl groups excluding tert-OH is 2. The molecule has 0 spiro atoms. The number of amides is 1. The molecule has 0 unspecified atom stereocenters. The van der Waals surface area contributed by atoms with Crippen LogP contribution in [0.5, 0.6) is 17.2 Å². The van der Waals surface area contributed by atoms with Crippen molar-refractivity contribution in [1.82, 2.24) is 20.8 Å². The van der Waals surface area contributed by atoms with Crippen molar-refractivity contribution in [2.24, 2.45) is 0 Å². The van der Waals surface area contributed by atoms with E-state index in [1.54, 1.807) is 24.3 Å². The summed E-state index contributed by atoms with van der Waals surface area (Å²) in [5.41, 5.74) is 6.34. The van der Waals surface area contributed by atoms with Crippen LogP contribution in [-0.4, -0.2) is 68.7 Å². The first-order valence-corrected chi connectivity index (χ1v) is 17.6. The Balaban J connectivity index is 0.00000145. The summed E-state index contributed by atoms with van der Waals surface area (Å²) in [6, 6.07) is 24.0. The van der Waals surface area contributed by atoms with E-state index in [9.17, 15) is 29.7 Å². The number of rotatable bonds is 10. The average molecular weight is 779 g/mol. The number of carbonyl (C=O) groups is 2. The normalized spacial score (nSPS) is 10.7. The first-order chi connectivity index (χ1) is 27.1. The Bertz CT molecular complexity index is 2530. The number of nitrogens with one attached hydrogen (secondary N) is 3. The van der Waals surface area contributed by atoms with Crippen molar-refractivity contribution in [1.29, 1.82) is 0 Å². The number of hydrogen-bond acceptors (Lipinski definition) is 11. The van der Waals surface area contributed by atoms with E-state index in [-0.39, 0.29) is 51.3 Å². The molecule has 14 heteroatoms. The topological polar surface area (TPSA) is 218 Å². The zero-order chi connectivity index (χ0) is 40.5. The van der Waals surface area contributed by atoms with E-state index in [0.29, 0.717) is 57.5 Å². The molecule has 1 amide bonds. The third-order valence-electron chi connectivity index (χ3n) is 8.80. The molecule has 8 N–H and O–H groups in total. The second-order valence-corrected chi connectivity index (χ2v) is 12.5. The van der Waals surface area contributed by atoms with Gasteiger partial charge in [-0.1, -0.05) is 48.9 Å². The highest BCUT2D eigenvalue weighted by molar-refractivity contribution is 6.32. The van der Waals surface area contributed by atoms with Gasteiger partial charge < -0.3 is 40.6 Å². The molecule has 0 saturated carbocycles. The van der Waals surface area contributed by atoms with Crippen molar-refractivity contribution in [3.8, 4) is 62.1 Å². The van der Waals surface area contributed by atoms with Gasteiger partial charge in [-0.25, -0.2) is 0 Å². The van der Waals surface area contributed by atoms with Gasteiger partial charge in [-0.3, -0.25) is 19.5 Å². The van der Waals surface area contributed by atoms with Gasteiger partial charge in [0, 0.05) is 84.3 Å². The number of aldehydes is 1. The number of aromatic nitrogens is 2. The molecule has 288 valence electrons. The second-order valence-electron chi connectivity index (χ2n) is 12.1. The minimum Gasteiger partial charge on any atom is -0.508 e. The summed E-state index contributed by atoms with van der Waals surface area (Å²) in [7, 11) is 2.00. The average Bonchev–Trinajstić information content (AvgIpc) is 3.64. The third kappa shape index (κ3) is 8.41. The van der Waals surface area contributed by atoms with E-state index in [2.05, 4.69) is 20.8 Å². The summed E-state index contributed by atoms with van der Waals surface area (Å²) >= 11 is 6.17. The molecule has 1 aliphatic heterocycles. The zero-order valence-corrected chi connectivity index (χ0v) is 31.3. The summed E-state index contributed by atoms with van der Waals surface area (Å²) < 4.78 is 5.92. The Morgan fingerprint density at radius 2 is 1.55 bits per heavy atom. The number of phenolic OH excluding ortho intramolecular Hbond substituents is 3. The van der Waals surface area contributed by atoms with E-state index in [4.69, 9.17) is 26.2 Å². The molecule has 2 aliphatic rings. The minimum absolute atomic E-state index is 0.0166. The summed E-state index contributed by atoms with van der Waals surface area (Å²) in [4.78, 5) is 37.9. The smallest absolute Gasteiger partial charge is 0.251 e. The van der Waals surface area contributed by atoms with Gasteiger partial charge in [0.05, 0.1) is 10.7 Å². The van der Waals surface area contributed by atoms with Crippen LogP contribution in [0, 0.1) is 0 Å². The number of halogens is 1. The predicted octanol–water partition coefficient (Wildman–Crippen LogP) is 6.46. The lowest BCUT2D eigenvalue weighted by Gasteiger charge is -2.17. The maximum Gasteiger partial charge on any atom is 0.251 e. The summed E-state index contributed by atoms with van der Waals surface area (Å²) in [6.45, 7) is 3.40. The van der Waals surface area contributed by atoms with E-state index < -0.39 is 0 Å². The van der Waals surface area contributed by atoms with Crippen LogP contribution in [0.2, 0.25) is 5.02 Å². The molecular weight excluding hydrogens is 740 g/mol. The van der Waals surface area contributed by atoms with Crippen molar-refractivity contribution in [3.63, 3.8) is 0 Å². The molecule has 56 heavy (non-hydrogen) atoms. The molecule has 13 nitrogen and oxygen atoms in total. The molecule has 4 aromatic carbocycles. The van der Waals surface area contributed by atoms with Gasteiger partial charge >= 0.3 is 0 Å². The van der Waals surface area contributed by atoms with Crippen molar-refractivity contribution in [2.45, 2.75) is 20.0 Å². The molecule has 0 fully saturated rings. The number of carbonyl (C=O) groups excluding carboxylic acids is 2. The SMILES string of the molecule is CCNCc1[nH]nc(-c2cc(Cl)c(O)cc2O)c1-c1ccc(CNC(=O)c2ccc(-c3c4ccc(=O)cc-4oc4cc(O)ccc34)c(C=O)c2)cc1.CO.CO. The number of aromatic hydroxyl groups is 3. The van der Waals surface area contributed by atoms with Gasteiger partial charge in [0.15, 0.2) is 11.7 Å². The standard InChI is InChI=1S/C40H31ClN4O7.2CH4O/c1-2-42-19-32-37(39(45-44-32)30-16-31(41)34(50)17-33(30)49)22-5-3-21(4-6-22)18-43-40(51)23-7-10-27(24(13-23)20-46)38-28-11-8-25(47)14-35(28)52-36-15-26(48)9-12-29(36)38;2*1-2/h3-17,20,42,47,49-50H,2,18-19H2,1H3,(H,43,51)(H,44,45);2*2H,1H3. The van der Waals surface area contributed by atoms with Crippen molar-refractivity contribution in [3.05, 3.63) is 129 Å². The van der Waals surface area contributed by atoms with Crippen molar-refractivity contribution in [2.75, 3.05) is 20.8 Å². The molecule has 5 aromatic rings. The Labute approximate surface area is 325 Å². The lowest BCUT2D eigenvalue weighted by atomic mass is 9.90. The van der Waals surface area contributed by atoms with E-state index in [1.807, 2.05) is 31.2 Å². The Kier molecular flexibility index (Phi) is 13.2. The van der Waals surface area contributed by atoms with E-state index in [0.717, 1.165) is 43.1 Å². The van der Waals surface area contributed by atoms with Gasteiger partial charge in [0.25, 0.3) is 5.91 Å². The second kappa shape index (κ2) is 18.2. The first-order valence-electron chi connectivity index (χ1n) is 17.2. The van der Waals surface area contributed by atoms with Crippen LogP contribution in [0.25, 0.3) is 55.8 Å². The van der Waals surface area contributed by atoms with Crippen LogP contribution in [0.15, 0.2) is 100 Å². The highest BCUT2D eigenvalue weighted by Crippen LogP contribution is 2.43. The maximum atomic E-state index is 13.3. The quantitative estimate of drug-likeness (QED) is 0.0556. The molecule has 1 aromatic heterocycles. The van der Waals surface area contributed by atoms with Crippen LogP contribution in [0.1, 0.15) is 38.9 Å². The van der Waals surface area contributed by atoms with Crippen LogP contribution in [-0.2, 0) is 13.1 Å². The lowest BCUT2D eigenvalue weighted by molar-refractivity contribution is 0.0951. The van der Waals surface area contributed by atoms with Crippen LogP contribution in [0.3, 0.4) is 0 Å². The fourth-order valence-electron chi connectivity index (χ4n) is 6.25. The first kappa shape index (κ1) is 40.7. The molecule has 0 saturated heterocycles. The Morgan fingerprint density at radius 1 is 0.821 bits per heavy atom. The molecule has 2 heterocycles. The summed E-state index contributed by atoms with van der Waals surface area (Å²) in [5.74, 6) is -0.520. The highest BCUT2D eigenvalue weighted by atomic mass is 35.5. The van der Waals surface area contributed by atoms with Crippen LogP contribution in [0.4, 0.5) is 0 Å². The number of nitrogens with zero attached hydrogens (tertiary/aromatic N) is 1. The largest absolute Gasteiger partial charge is 0.508 e. The van der Waals surface area contributed by atoms with E-state index >= 15 is 0 Å². The lowest BCUT2D eigenvalue weighted by Crippen LogP contribution is -2.23. The fraction of sp³-hybridized carbons (Fsp3) is 0.143. The Morgan fingerprint density at radius 3 is 2.27 bits per heavy atom. The maximum absolute atomic E-state index is 13.3. The molecule has 0 radical (unpaired) electrons. The number of aliphatic hydroxyl groups is 2. The molecule has 0 bridgehead atoms. The number of phenols is 3. The van der Waals surface area contributed by atoms with Gasteiger partial charge in [0.2, 0.25) is 0 Å². The van der Waals surface area contributed by atoms with Crippen molar-refractivity contribution < 1.29 is 39.5 Å². The zero-order valence-electron chi connectivity index (χ0n) is 30.6. The number of hydrogen-bond donors (Lipinski definition) is 8. The van der Waals surface area contributed by atoms with Gasteiger partial charge in [0.1, 0.15) is 34.3 Å². The fourth-order valence-corrected chi connectivity index (χ4v) is 6.42. The molecule has 0 atom stereocenters. The third-order valence-corrected chi connectivity index (χ3v) is 9.10. The number of benzene rings is 5. The number of H-pyrrole nitrogens is 1. The number of aromatic amines is 1. The van der Waals surface area contributed by atoms with E-state index in [1.165, 1.54) is 42.5 Å². The van der Waals surface area contributed by atoms with Crippen LogP contribution >= 0.6 is 11.6 Å². The van der Waals surface area contributed by atoms with Gasteiger partial charge in [-0.05, 0) is 65.7 Å². The summed E-state index contributed by atoms with van der Waals surface area (Å²) in [6.07, 6.45) is 0.676. The molecule has 1 aliphatic carbocycles. The van der Waals surface area contributed by atoms with Crippen molar-refractivity contribution >= 4 is 34.8 Å². The monoisotopic (exact) mass is 778 g/mol. The highest BCUT2D eigenvalue weighted by Gasteiger charge is 2.22.